The summed E-state index contributed by atoms with van der Waals surface area (Å²) in [6.45, 7) is 6.30. The minimum atomic E-state index is -0.281. The highest BCUT2D eigenvalue weighted by Crippen LogP contribution is 2.33. The Morgan fingerprint density at radius 2 is 2.05 bits per heavy atom. The van der Waals surface area contributed by atoms with Gasteiger partial charge in [0.1, 0.15) is 15.7 Å². The summed E-state index contributed by atoms with van der Waals surface area (Å²) in [6, 6.07) is 2.12. The van der Waals surface area contributed by atoms with Crippen molar-refractivity contribution in [3.8, 4) is 0 Å². The van der Waals surface area contributed by atoms with Gasteiger partial charge in [-0.25, -0.2) is 9.97 Å². The first-order chi connectivity index (χ1) is 9.99. The van der Waals surface area contributed by atoms with Gasteiger partial charge in [-0.15, -0.1) is 22.7 Å². The van der Waals surface area contributed by atoms with E-state index in [1.54, 1.807) is 22.7 Å². The number of thiazole rings is 1. The summed E-state index contributed by atoms with van der Waals surface area (Å²) >= 11 is 3.31. The van der Waals surface area contributed by atoms with Gasteiger partial charge in [0, 0.05) is 23.5 Å². The van der Waals surface area contributed by atoms with Crippen molar-refractivity contribution in [3.63, 3.8) is 0 Å². The van der Waals surface area contributed by atoms with Gasteiger partial charge in [0.15, 0.2) is 0 Å². The highest BCUT2D eigenvalue weighted by atomic mass is 32.1. The van der Waals surface area contributed by atoms with Crippen molar-refractivity contribution in [2.24, 2.45) is 0 Å². The first-order valence-corrected chi connectivity index (χ1v) is 8.33. The van der Waals surface area contributed by atoms with E-state index >= 15 is 0 Å². The lowest BCUT2D eigenvalue weighted by Crippen LogP contribution is -2.28. The van der Waals surface area contributed by atoms with E-state index in [1.165, 1.54) is 4.88 Å². The SMILES string of the molecule is CNc1nc(NC(C)(C)c2nccs2)c2cc(C)sc2n1. The van der Waals surface area contributed by atoms with E-state index in [4.69, 9.17) is 0 Å². The van der Waals surface area contributed by atoms with Crippen molar-refractivity contribution in [2.75, 3.05) is 17.7 Å². The third-order valence-corrected chi connectivity index (χ3v) is 5.18. The number of nitrogens with zero attached hydrogens (tertiary/aromatic N) is 3. The van der Waals surface area contributed by atoms with Gasteiger partial charge in [-0.1, -0.05) is 0 Å². The summed E-state index contributed by atoms with van der Waals surface area (Å²) in [5.41, 5.74) is -0.281. The molecule has 0 bridgehead atoms. The van der Waals surface area contributed by atoms with Gasteiger partial charge in [0.25, 0.3) is 0 Å². The highest BCUT2D eigenvalue weighted by molar-refractivity contribution is 7.18. The molecule has 2 N–H and O–H groups in total. The van der Waals surface area contributed by atoms with Crippen LogP contribution < -0.4 is 10.6 Å². The largest absolute Gasteiger partial charge is 0.358 e. The van der Waals surface area contributed by atoms with Gasteiger partial charge in [-0.05, 0) is 26.8 Å². The third-order valence-electron chi connectivity index (χ3n) is 3.14. The van der Waals surface area contributed by atoms with E-state index in [1.807, 2.05) is 18.6 Å². The van der Waals surface area contributed by atoms with Gasteiger partial charge in [0.2, 0.25) is 5.95 Å². The average Bonchev–Trinajstić information content (AvgIpc) is 3.06. The second-order valence-electron chi connectivity index (χ2n) is 5.31. The van der Waals surface area contributed by atoms with Crippen molar-refractivity contribution >= 4 is 44.7 Å². The second kappa shape index (κ2) is 5.23. The lowest BCUT2D eigenvalue weighted by atomic mass is 10.1. The summed E-state index contributed by atoms with van der Waals surface area (Å²) in [7, 11) is 1.83. The van der Waals surface area contributed by atoms with Gasteiger partial charge < -0.3 is 10.6 Å². The van der Waals surface area contributed by atoms with Crippen molar-refractivity contribution in [1.82, 2.24) is 15.0 Å². The Morgan fingerprint density at radius 1 is 1.24 bits per heavy atom. The number of hydrogen-bond acceptors (Lipinski definition) is 7. The molecule has 0 radical (unpaired) electrons. The average molecular weight is 319 g/mol. The van der Waals surface area contributed by atoms with Crippen LogP contribution in [-0.2, 0) is 5.54 Å². The molecule has 3 rings (SSSR count). The lowest BCUT2D eigenvalue weighted by Gasteiger charge is -2.25. The molecule has 0 saturated carbocycles. The van der Waals surface area contributed by atoms with Crippen LogP contribution in [0.2, 0.25) is 0 Å². The highest BCUT2D eigenvalue weighted by Gasteiger charge is 2.25. The minimum absolute atomic E-state index is 0.281. The summed E-state index contributed by atoms with van der Waals surface area (Å²) in [6.07, 6.45) is 1.83. The molecule has 0 spiro atoms. The first kappa shape index (κ1) is 14.2. The zero-order valence-electron chi connectivity index (χ0n) is 12.4. The molecule has 110 valence electrons. The molecular weight excluding hydrogens is 302 g/mol. The van der Waals surface area contributed by atoms with Crippen LogP contribution >= 0.6 is 22.7 Å². The predicted molar refractivity (Wildman–Crippen MR) is 90.5 cm³/mol. The maximum Gasteiger partial charge on any atom is 0.225 e. The first-order valence-electron chi connectivity index (χ1n) is 6.63. The lowest BCUT2D eigenvalue weighted by molar-refractivity contribution is 0.602. The molecule has 5 nitrogen and oxygen atoms in total. The predicted octanol–water partition coefficient (Wildman–Crippen LogP) is 3.85. The Morgan fingerprint density at radius 3 is 2.71 bits per heavy atom. The van der Waals surface area contributed by atoms with E-state index in [-0.39, 0.29) is 5.54 Å². The molecule has 3 aromatic heterocycles. The van der Waals surface area contributed by atoms with Crippen LogP contribution in [0.25, 0.3) is 10.2 Å². The number of aryl methyl sites for hydroxylation is 1. The molecule has 0 amide bonds. The smallest absolute Gasteiger partial charge is 0.225 e. The number of thiophene rings is 1. The summed E-state index contributed by atoms with van der Waals surface area (Å²) in [5.74, 6) is 1.47. The molecule has 0 aromatic carbocycles. The van der Waals surface area contributed by atoms with Gasteiger partial charge in [-0.3, -0.25) is 0 Å². The van der Waals surface area contributed by atoms with Gasteiger partial charge >= 0.3 is 0 Å². The van der Waals surface area contributed by atoms with E-state index in [0.717, 1.165) is 21.0 Å². The Hall–Kier alpha value is -1.73. The molecule has 3 aromatic rings. The molecule has 0 unspecified atom stereocenters. The van der Waals surface area contributed by atoms with Crippen LogP contribution in [-0.4, -0.2) is 22.0 Å². The van der Waals surface area contributed by atoms with Crippen LogP contribution in [0.3, 0.4) is 0 Å². The van der Waals surface area contributed by atoms with Crippen LogP contribution in [0.1, 0.15) is 23.7 Å². The monoisotopic (exact) mass is 319 g/mol. The van der Waals surface area contributed by atoms with Crippen molar-refractivity contribution in [3.05, 3.63) is 27.5 Å². The van der Waals surface area contributed by atoms with E-state index < -0.39 is 0 Å². The van der Waals surface area contributed by atoms with Crippen LogP contribution in [0.15, 0.2) is 17.6 Å². The van der Waals surface area contributed by atoms with E-state index in [0.29, 0.717) is 5.95 Å². The van der Waals surface area contributed by atoms with Gasteiger partial charge in [-0.2, -0.15) is 4.98 Å². The topological polar surface area (TPSA) is 62.7 Å². The fourth-order valence-corrected chi connectivity index (χ4v) is 3.73. The fourth-order valence-electron chi connectivity index (χ4n) is 2.13. The maximum atomic E-state index is 4.58. The van der Waals surface area contributed by atoms with Crippen LogP contribution in [0.5, 0.6) is 0 Å². The molecule has 0 atom stereocenters. The summed E-state index contributed by atoms with van der Waals surface area (Å²) < 4.78 is 0. The van der Waals surface area contributed by atoms with Gasteiger partial charge in [0.05, 0.1) is 10.9 Å². The van der Waals surface area contributed by atoms with E-state index in [9.17, 15) is 0 Å². The van der Waals surface area contributed by atoms with E-state index in [2.05, 4.69) is 52.4 Å². The number of nitrogens with one attached hydrogen (secondary N) is 2. The third kappa shape index (κ3) is 2.71. The van der Waals surface area contributed by atoms with Crippen LogP contribution in [0.4, 0.5) is 11.8 Å². The maximum absolute atomic E-state index is 4.58. The molecule has 0 aliphatic carbocycles. The second-order valence-corrected chi connectivity index (χ2v) is 7.44. The number of rotatable bonds is 4. The summed E-state index contributed by atoms with van der Waals surface area (Å²) in [4.78, 5) is 15.7. The normalized spacial score (nSPS) is 11.8. The number of aromatic nitrogens is 3. The number of anilines is 2. The Bertz CT molecular complexity index is 761. The Balaban J connectivity index is 2.07. The molecule has 3 heterocycles. The van der Waals surface area contributed by atoms with Crippen molar-refractivity contribution in [2.45, 2.75) is 26.3 Å². The molecule has 0 fully saturated rings. The zero-order chi connectivity index (χ0) is 15.0. The molecule has 7 heteroatoms. The van der Waals surface area contributed by atoms with Crippen LogP contribution in [0, 0.1) is 6.92 Å². The fraction of sp³-hybridized carbons (Fsp3) is 0.357. The molecule has 0 aliphatic rings. The molecule has 21 heavy (non-hydrogen) atoms. The molecule has 0 aliphatic heterocycles. The number of fused-ring (bicyclic) bond motifs is 1. The Kier molecular flexibility index (Phi) is 3.54. The minimum Gasteiger partial charge on any atom is -0.358 e. The molecule has 0 saturated heterocycles. The number of hydrogen-bond donors (Lipinski definition) is 2. The Labute approximate surface area is 131 Å². The standard InChI is InChI=1S/C14H17N5S2/c1-8-7-9-10(17-13(15-4)18-11(9)21-8)19-14(2,3)12-16-5-6-20-12/h5-7H,1-4H3,(H2,15,17,18,19). The summed E-state index contributed by atoms with van der Waals surface area (Å²) in [5, 5.41) is 10.6. The molecular formula is C14H17N5S2. The quantitative estimate of drug-likeness (QED) is 0.765. The zero-order valence-corrected chi connectivity index (χ0v) is 14.0. The van der Waals surface area contributed by atoms with Crippen molar-refractivity contribution < 1.29 is 0 Å². The van der Waals surface area contributed by atoms with Crippen molar-refractivity contribution in [1.29, 1.82) is 0 Å².